The Kier molecular flexibility index (Phi) is 7.09. The Bertz CT molecular complexity index is 191. The minimum Gasteiger partial charge on any atom is -0.381 e. The summed E-state index contributed by atoms with van der Waals surface area (Å²) >= 11 is 0. The fourth-order valence-corrected chi connectivity index (χ4v) is 2.44. The van der Waals surface area contributed by atoms with E-state index in [-0.39, 0.29) is 0 Å². The molecule has 1 atom stereocenters. The van der Waals surface area contributed by atoms with Crippen LogP contribution in [0.1, 0.15) is 46.0 Å². The van der Waals surface area contributed by atoms with Crippen molar-refractivity contribution in [3.63, 3.8) is 0 Å². The van der Waals surface area contributed by atoms with Crippen molar-refractivity contribution in [3.8, 4) is 0 Å². The van der Waals surface area contributed by atoms with Crippen molar-refractivity contribution in [1.29, 1.82) is 0 Å². The number of hydrogen-bond donors (Lipinski definition) is 2. The first-order chi connectivity index (χ1) is 8.16. The zero-order chi connectivity index (χ0) is 12.6. The maximum absolute atomic E-state index is 5.55. The minimum atomic E-state index is 0.459. The highest BCUT2D eigenvalue weighted by Gasteiger charge is 2.26. The van der Waals surface area contributed by atoms with E-state index in [9.17, 15) is 0 Å². The van der Waals surface area contributed by atoms with Crippen molar-refractivity contribution >= 4 is 0 Å². The molecule has 3 heteroatoms. The van der Waals surface area contributed by atoms with E-state index in [4.69, 9.17) is 10.5 Å². The first-order valence-corrected chi connectivity index (χ1v) is 7.15. The lowest BCUT2D eigenvalue weighted by Crippen LogP contribution is -2.37. The number of nitrogens with one attached hydrogen (secondary N) is 1. The molecule has 1 heterocycles. The first-order valence-electron chi connectivity index (χ1n) is 7.15. The van der Waals surface area contributed by atoms with Gasteiger partial charge in [0.15, 0.2) is 0 Å². The van der Waals surface area contributed by atoms with Gasteiger partial charge in [0, 0.05) is 19.8 Å². The van der Waals surface area contributed by atoms with Gasteiger partial charge in [-0.25, -0.2) is 0 Å². The van der Waals surface area contributed by atoms with Crippen molar-refractivity contribution in [2.75, 3.05) is 32.8 Å². The van der Waals surface area contributed by atoms with Gasteiger partial charge in [-0.15, -0.1) is 0 Å². The zero-order valence-electron chi connectivity index (χ0n) is 11.6. The summed E-state index contributed by atoms with van der Waals surface area (Å²) in [6.45, 7) is 9.66. The Hall–Kier alpha value is -0.120. The number of nitrogens with two attached hydrogens (primary N) is 1. The lowest BCUT2D eigenvalue weighted by Gasteiger charge is -2.33. The van der Waals surface area contributed by atoms with Gasteiger partial charge in [-0.1, -0.05) is 13.8 Å². The molecule has 0 aromatic carbocycles. The van der Waals surface area contributed by atoms with Crippen LogP contribution in [0.15, 0.2) is 0 Å². The van der Waals surface area contributed by atoms with Gasteiger partial charge in [0.1, 0.15) is 0 Å². The highest BCUT2D eigenvalue weighted by atomic mass is 16.5. The average Bonchev–Trinajstić information content (AvgIpc) is 2.30. The molecule has 1 rings (SSSR count). The van der Waals surface area contributed by atoms with Gasteiger partial charge in [-0.2, -0.15) is 0 Å². The van der Waals surface area contributed by atoms with Crippen LogP contribution in [0.2, 0.25) is 0 Å². The maximum Gasteiger partial charge on any atom is 0.0471 e. The van der Waals surface area contributed by atoms with Gasteiger partial charge in [-0.3, -0.25) is 0 Å². The van der Waals surface area contributed by atoms with Crippen LogP contribution < -0.4 is 11.1 Å². The van der Waals surface area contributed by atoms with Gasteiger partial charge in [-0.05, 0) is 56.5 Å². The quantitative estimate of drug-likeness (QED) is 0.641. The Morgan fingerprint density at radius 2 is 2.00 bits per heavy atom. The second-order valence-corrected chi connectivity index (χ2v) is 5.92. The van der Waals surface area contributed by atoms with Crippen LogP contribution in [0.25, 0.3) is 0 Å². The molecule has 1 fully saturated rings. The van der Waals surface area contributed by atoms with Crippen LogP contribution in [-0.2, 0) is 4.74 Å². The van der Waals surface area contributed by atoms with Crippen molar-refractivity contribution in [1.82, 2.24) is 5.32 Å². The Labute approximate surface area is 106 Å². The summed E-state index contributed by atoms with van der Waals surface area (Å²) in [4.78, 5) is 0. The smallest absolute Gasteiger partial charge is 0.0471 e. The monoisotopic (exact) mass is 242 g/mol. The molecule has 3 nitrogen and oxygen atoms in total. The van der Waals surface area contributed by atoms with E-state index >= 15 is 0 Å². The van der Waals surface area contributed by atoms with Crippen LogP contribution in [0, 0.1) is 11.3 Å². The Morgan fingerprint density at radius 1 is 1.29 bits per heavy atom. The summed E-state index contributed by atoms with van der Waals surface area (Å²) in [7, 11) is 0. The summed E-state index contributed by atoms with van der Waals surface area (Å²) in [5.74, 6) is 0.778. The standard InChI is InChI=1S/C14H30N2O/c1-13(5-8-15)4-3-9-16-12-14(2)6-10-17-11-7-14/h13,16H,3-12,15H2,1-2H3. The third-order valence-electron chi connectivity index (χ3n) is 3.96. The molecule has 17 heavy (non-hydrogen) atoms. The van der Waals surface area contributed by atoms with E-state index < -0.39 is 0 Å². The average molecular weight is 242 g/mol. The molecule has 1 unspecified atom stereocenters. The molecular formula is C14H30N2O. The van der Waals surface area contributed by atoms with E-state index in [0.717, 1.165) is 45.2 Å². The Morgan fingerprint density at radius 3 is 2.65 bits per heavy atom. The molecule has 102 valence electrons. The van der Waals surface area contributed by atoms with Crippen molar-refractivity contribution in [3.05, 3.63) is 0 Å². The molecular weight excluding hydrogens is 212 g/mol. The van der Waals surface area contributed by atoms with Crippen LogP contribution in [0.5, 0.6) is 0 Å². The molecule has 1 aliphatic rings. The molecule has 0 aliphatic carbocycles. The highest BCUT2D eigenvalue weighted by molar-refractivity contribution is 4.79. The fourth-order valence-electron chi connectivity index (χ4n) is 2.44. The molecule has 1 aliphatic heterocycles. The largest absolute Gasteiger partial charge is 0.381 e. The van der Waals surface area contributed by atoms with Crippen LogP contribution >= 0.6 is 0 Å². The molecule has 1 saturated heterocycles. The molecule has 0 bridgehead atoms. The lowest BCUT2D eigenvalue weighted by atomic mass is 9.82. The van der Waals surface area contributed by atoms with E-state index in [1.165, 1.54) is 25.7 Å². The van der Waals surface area contributed by atoms with Crippen molar-refractivity contribution < 1.29 is 4.74 Å². The fraction of sp³-hybridized carbons (Fsp3) is 1.00. The van der Waals surface area contributed by atoms with E-state index in [2.05, 4.69) is 19.2 Å². The van der Waals surface area contributed by atoms with Gasteiger partial charge in [0.05, 0.1) is 0 Å². The summed E-state index contributed by atoms with van der Waals surface area (Å²) in [5, 5.41) is 3.61. The lowest BCUT2D eigenvalue weighted by molar-refractivity contribution is 0.0241. The third kappa shape index (κ3) is 6.39. The van der Waals surface area contributed by atoms with Crippen LogP contribution in [0.4, 0.5) is 0 Å². The highest BCUT2D eigenvalue weighted by Crippen LogP contribution is 2.28. The zero-order valence-corrected chi connectivity index (χ0v) is 11.6. The number of rotatable bonds is 8. The molecule has 0 aromatic rings. The summed E-state index contributed by atoms with van der Waals surface area (Å²) < 4.78 is 5.41. The molecule has 0 aromatic heterocycles. The van der Waals surface area contributed by atoms with E-state index in [1.54, 1.807) is 0 Å². The summed E-state index contributed by atoms with van der Waals surface area (Å²) in [5.41, 5.74) is 6.01. The summed E-state index contributed by atoms with van der Waals surface area (Å²) in [6, 6.07) is 0. The number of hydrogen-bond acceptors (Lipinski definition) is 3. The van der Waals surface area contributed by atoms with Crippen LogP contribution in [-0.4, -0.2) is 32.8 Å². The minimum absolute atomic E-state index is 0.459. The second kappa shape index (κ2) is 8.06. The molecule has 0 amide bonds. The molecule has 3 N–H and O–H groups in total. The van der Waals surface area contributed by atoms with Gasteiger partial charge < -0.3 is 15.8 Å². The van der Waals surface area contributed by atoms with Gasteiger partial charge >= 0.3 is 0 Å². The normalized spacial score (nSPS) is 21.4. The van der Waals surface area contributed by atoms with E-state index in [1.807, 2.05) is 0 Å². The molecule has 0 saturated carbocycles. The predicted molar refractivity (Wildman–Crippen MR) is 73.1 cm³/mol. The second-order valence-electron chi connectivity index (χ2n) is 5.92. The van der Waals surface area contributed by atoms with Crippen LogP contribution in [0.3, 0.4) is 0 Å². The van der Waals surface area contributed by atoms with Crippen molar-refractivity contribution in [2.45, 2.75) is 46.0 Å². The third-order valence-corrected chi connectivity index (χ3v) is 3.96. The van der Waals surface area contributed by atoms with Gasteiger partial charge in [0.2, 0.25) is 0 Å². The summed E-state index contributed by atoms with van der Waals surface area (Å²) in [6.07, 6.45) is 6.12. The van der Waals surface area contributed by atoms with Crippen molar-refractivity contribution in [2.24, 2.45) is 17.1 Å². The SMILES string of the molecule is CC(CCN)CCCNCC1(C)CCOCC1. The van der Waals surface area contributed by atoms with Gasteiger partial charge in [0.25, 0.3) is 0 Å². The molecule has 0 spiro atoms. The number of ether oxygens (including phenoxy) is 1. The van der Waals surface area contributed by atoms with E-state index in [0.29, 0.717) is 5.41 Å². The Balaban J connectivity index is 1.99. The first kappa shape index (κ1) is 14.9. The molecule has 0 radical (unpaired) electrons. The predicted octanol–water partition coefficient (Wildman–Crippen LogP) is 2.16. The topological polar surface area (TPSA) is 47.3 Å². The maximum atomic E-state index is 5.55.